The Morgan fingerprint density at radius 2 is 2.05 bits per heavy atom. The van der Waals surface area contributed by atoms with E-state index in [1.807, 2.05) is 10.9 Å². The van der Waals surface area contributed by atoms with Crippen LogP contribution in [0, 0.1) is 6.92 Å². The molecule has 0 saturated heterocycles. The number of hydrogen-bond donors (Lipinski definition) is 1. The van der Waals surface area contributed by atoms with Crippen LogP contribution in [0.15, 0.2) is 36.7 Å². The predicted molar refractivity (Wildman–Crippen MR) is 83.7 cm³/mol. The molecule has 1 atom stereocenters. The van der Waals surface area contributed by atoms with Crippen molar-refractivity contribution in [3.8, 4) is 0 Å². The third kappa shape index (κ3) is 3.70. The van der Waals surface area contributed by atoms with Gasteiger partial charge in [-0.05, 0) is 40.2 Å². The summed E-state index contributed by atoms with van der Waals surface area (Å²) in [5, 5.41) is 7.98. The van der Waals surface area contributed by atoms with Crippen molar-refractivity contribution in [1.82, 2.24) is 15.1 Å². The van der Waals surface area contributed by atoms with Crippen LogP contribution in [0.4, 0.5) is 0 Å². The van der Waals surface area contributed by atoms with Gasteiger partial charge in [0.2, 0.25) is 0 Å². The van der Waals surface area contributed by atoms with E-state index < -0.39 is 0 Å². The zero-order chi connectivity index (χ0) is 14.8. The first-order chi connectivity index (χ1) is 9.36. The molecule has 0 aliphatic carbocycles. The van der Waals surface area contributed by atoms with Gasteiger partial charge in [0.1, 0.15) is 0 Å². The van der Waals surface area contributed by atoms with Crippen molar-refractivity contribution in [1.29, 1.82) is 0 Å². The summed E-state index contributed by atoms with van der Waals surface area (Å²) in [5.41, 5.74) is 3.89. The molecule has 0 unspecified atom stereocenters. The number of nitrogens with zero attached hydrogens (tertiary/aromatic N) is 2. The van der Waals surface area contributed by atoms with Gasteiger partial charge in [-0.2, -0.15) is 5.10 Å². The van der Waals surface area contributed by atoms with Gasteiger partial charge in [-0.25, -0.2) is 0 Å². The maximum absolute atomic E-state index is 4.43. The Hall–Kier alpha value is -1.61. The van der Waals surface area contributed by atoms with Crippen LogP contribution in [0.2, 0.25) is 0 Å². The maximum atomic E-state index is 4.43. The highest BCUT2D eigenvalue weighted by Crippen LogP contribution is 2.16. The summed E-state index contributed by atoms with van der Waals surface area (Å²) in [7, 11) is 0. The summed E-state index contributed by atoms with van der Waals surface area (Å²) in [6.45, 7) is 11.6. The zero-order valence-corrected chi connectivity index (χ0v) is 13.1. The van der Waals surface area contributed by atoms with Crippen molar-refractivity contribution in [3.05, 3.63) is 53.3 Å². The van der Waals surface area contributed by atoms with Crippen molar-refractivity contribution in [2.45, 2.75) is 52.7 Å². The number of hydrogen-bond acceptors (Lipinski definition) is 2. The van der Waals surface area contributed by atoms with Gasteiger partial charge in [0.25, 0.3) is 0 Å². The average Bonchev–Trinajstić information content (AvgIpc) is 2.84. The SMILES string of the molecule is Cc1cccc([C@H](C)NCc2cnn(C(C)(C)C)c2)c1. The highest BCUT2D eigenvalue weighted by Gasteiger charge is 2.14. The summed E-state index contributed by atoms with van der Waals surface area (Å²) in [6, 6.07) is 8.98. The van der Waals surface area contributed by atoms with Crippen LogP contribution in [0.25, 0.3) is 0 Å². The molecular formula is C17H25N3. The first kappa shape index (κ1) is 14.8. The summed E-state index contributed by atoms with van der Waals surface area (Å²) in [4.78, 5) is 0. The molecule has 3 nitrogen and oxygen atoms in total. The van der Waals surface area contributed by atoms with Crippen molar-refractivity contribution in [2.75, 3.05) is 0 Å². The summed E-state index contributed by atoms with van der Waals surface area (Å²) in [5.74, 6) is 0. The molecule has 3 heteroatoms. The van der Waals surface area contributed by atoms with E-state index in [0.29, 0.717) is 6.04 Å². The third-order valence-electron chi connectivity index (χ3n) is 3.48. The molecule has 20 heavy (non-hydrogen) atoms. The van der Waals surface area contributed by atoms with Crippen molar-refractivity contribution in [3.63, 3.8) is 0 Å². The minimum Gasteiger partial charge on any atom is -0.306 e. The van der Waals surface area contributed by atoms with Gasteiger partial charge in [-0.1, -0.05) is 29.8 Å². The minimum atomic E-state index is 0.0421. The van der Waals surface area contributed by atoms with Gasteiger partial charge in [-0.3, -0.25) is 4.68 Å². The van der Waals surface area contributed by atoms with E-state index in [0.717, 1.165) is 6.54 Å². The van der Waals surface area contributed by atoms with E-state index in [1.165, 1.54) is 16.7 Å². The smallest absolute Gasteiger partial charge is 0.0543 e. The highest BCUT2D eigenvalue weighted by atomic mass is 15.3. The average molecular weight is 271 g/mol. The lowest BCUT2D eigenvalue weighted by Gasteiger charge is -2.19. The van der Waals surface area contributed by atoms with Gasteiger partial charge in [0, 0.05) is 24.3 Å². The molecule has 0 saturated carbocycles. The molecule has 0 spiro atoms. The van der Waals surface area contributed by atoms with Crippen LogP contribution in [0.5, 0.6) is 0 Å². The Morgan fingerprint density at radius 1 is 1.30 bits per heavy atom. The molecule has 2 rings (SSSR count). The highest BCUT2D eigenvalue weighted by molar-refractivity contribution is 5.24. The van der Waals surface area contributed by atoms with Gasteiger partial charge >= 0.3 is 0 Å². The van der Waals surface area contributed by atoms with E-state index in [9.17, 15) is 0 Å². The second kappa shape index (κ2) is 5.80. The molecule has 0 bridgehead atoms. The van der Waals surface area contributed by atoms with Gasteiger partial charge in [-0.15, -0.1) is 0 Å². The number of nitrogens with one attached hydrogen (secondary N) is 1. The van der Waals surface area contributed by atoms with Gasteiger partial charge in [0.05, 0.1) is 11.7 Å². The lowest BCUT2D eigenvalue weighted by molar-refractivity contribution is 0.355. The minimum absolute atomic E-state index is 0.0421. The fourth-order valence-electron chi connectivity index (χ4n) is 2.15. The molecule has 0 amide bonds. The fourth-order valence-corrected chi connectivity index (χ4v) is 2.15. The Labute approximate surface area is 122 Å². The van der Waals surface area contributed by atoms with Crippen LogP contribution < -0.4 is 5.32 Å². The monoisotopic (exact) mass is 271 g/mol. The van der Waals surface area contributed by atoms with Crippen LogP contribution in [0.3, 0.4) is 0 Å². The molecule has 0 fully saturated rings. The lowest BCUT2D eigenvalue weighted by Crippen LogP contribution is -2.22. The Morgan fingerprint density at radius 3 is 2.65 bits per heavy atom. The lowest BCUT2D eigenvalue weighted by atomic mass is 10.1. The van der Waals surface area contributed by atoms with Crippen molar-refractivity contribution >= 4 is 0 Å². The molecule has 108 valence electrons. The Kier molecular flexibility index (Phi) is 4.29. The van der Waals surface area contributed by atoms with E-state index >= 15 is 0 Å². The molecule has 1 aromatic carbocycles. The van der Waals surface area contributed by atoms with Gasteiger partial charge in [0.15, 0.2) is 0 Å². The number of benzene rings is 1. The molecule has 1 aromatic heterocycles. The number of rotatable bonds is 4. The van der Waals surface area contributed by atoms with E-state index in [1.54, 1.807) is 0 Å². The largest absolute Gasteiger partial charge is 0.306 e. The van der Waals surface area contributed by atoms with Crippen molar-refractivity contribution in [2.24, 2.45) is 0 Å². The van der Waals surface area contributed by atoms with Crippen LogP contribution in [0.1, 0.15) is 50.4 Å². The quantitative estimate of drug-likeness (QED) is 0.916. The number of aromatic nitrogens is 2. The third-order valence-corrected chi connectivity index (χ3v) is 3.48. The van der Waals surface area contributed by atoms with Gasteiger partial charge < -0.3 is 5.32 Å². The molecule has 1 heterocycles. The molecule has 2 aromatic rings. The van der Waals surface area contributed by atoms with E-state index in [-0.39, 0.29) is 5.54 Å². The molecule has 0 aliphatic rings. The predicted octanol–water partition coefficient (Wildman–Crippen LogP) is 3.80. The summed E-state index contributed by atoms with van der Waals surface area (Å²) in [6.07, 6.45) is 4.07. The second-order valence-electron chi connectivity index (χ2n) is 6.48. The maximum Gasteiger partial charge on any atom is 0.0543 e. The van der Waals surface area contributed by atoms with E-state index in [4.69, 9.17) is 0 Å². The normalized spacial score (nSPS) is 13.4. The summed E-state index contributed by atoms with van der Waals surface area (Å²) >= 11 is 0. The first-order valence-corrected chi connectivity index (χ1v) is 7.20. The molecular weight excluding hydrogens is 246 g/mol. The van der Waals surface area contributed by atoms with Crippen LogP contribution in [-0.4, -0.2) is 9.78 Å². The Balaban J connectivity index is 1.97. The van der Waals surface area contributed by atoms with Crippen LogP contribution in [-0.2, 0) is 12.1 Å². The standard InChI is InChI=1S/C17H25N3/c1-13-7-6-8-16(9-13)14(2)18-10-15-11-19-20(12-15)17(3,4)5/h6-9,11-12,14,18H,10H2,1-5H3/t14-/m0/s1. The summed E-state index contributed by atoms with van der Waals surface area (Å²) < 4.78 is 2.02. The van der Waals surface area contributed by atoms with Crippen molar-refractivity contribution < 1.29 is 0 Å². The topological polar surface area (TPSA) is 29.9 Å². The van der Waals surface area contributed by atoms with E-state index in [2.05, 4.69) is 75.5 Å². The molecule has 0 radical (unpaired) electrons. The number of aryl methyl sites for hydroxylation is 1. The zero-order valence-electron chi connectivity index (χ0n) is 13.1. The van der Waals surface area contributed by atoms with Crippen LogP contribution >= 0.6 is 0 Å². The Bertz CT molecular complexity index is 564. The fraction of sp³-hybridized carbons (Fsp3) is 0.471. The molecule has 1 N–H and O–H groups in total. The second-order valence-corrected chi connectivity index (χ2v) is 6.48. The molecule has 0 aliphatic heterocycles. The first-order valence-electron chi connectivity index (χ1n) is 7.20.